The number of nitrogens with one attached hydrogen (secondary N) is 1. The van der Waals surface area contributed by atoms with Crippen molar-refractivity contribution in [2.75, 3.05) is 11.1 Å². The molecule has 2 rings (SSSR count). The maximum Gasteiger partial charge on any atom is 0.256 e. The molecular formula is C16H17NO2S. The first kappa shape index (κ1) is 14.6. The number of benzene rings is 2. The molecule has 2 aromatic carbocycles. The number of thioether (sulfide) groups is 1. The second kappa shape index (κ2) is 6.59. The normalized spacial score (nSPS) is 13.5. The van der Waals surface area contributed by atoms with Crippen LogP contribution in [0.4, 0.5) is 5.69 Å². The van der Waals surface area contributed by atoms with Gasteiger partial charge >= 0.3 is 0 Å². The zero-order valence-electron chi connectivity index (χ0n) is 11.2. The van der Waals surface area contributed by atoms with E-state index in [-0.39, 0.29) is 0 Å². The summed E-state index contributed by atoms with van der Waals surface area (Å²) in [5.41, 5.74) is -0.737. The summed E-state index contributed by atoms with van der Waals surface area (Å²) in [6.45, 7) is 1.53. The number of rotatable bonds is 5. The zero-order chi connectivity index (χ0) is 14.4. The van der Waals surface area contributed by atoms with Gasteiger partial charge < -0.3 is 10.4 Å². The topological polar surface area (TPSA) is 49.3 Å². The highest BCUT2D eigenvalue weighted by Crippen LogP contribution is 2.23. The van der Waals surface area contributed by atoms with Crippen LogP contribution in [-0.4, -0.2) is 22.4 Å². The van der Waals surface area contributed by atoms with Crippen molar-refractivity contribution in [1.82, 2.24) is 0 Å². The number of amides is 1. The highest BCUT2D eigenvalue weighted by atomic mass is 32.2. The molecule has 104 valence electrons. The molecule has 3 nitrogen and oxygen atoms in total. The van der Waals surface area contributed by atoms with Crippen molar-refractivity contribution in [3.63, 3.8) is 0 Å². The van der Waals surface area contributed by atoms with Crippen molar-refractivity contribution in [2.24, 2.45) is 0 Å². The van der Waals surface area contributed by atoms with Gasteiger partial charge in [0.2, 0.25) is 0 Å². The Balaban J connectivity index is 1.94. The van der Waals surface area contributed by atoms with Gasteiger partial charge in [0.05, 0.1) is 0 Å². The molecule has 0 aliphatic rings. The molecule has 0 aromatic heterocycles. The van der Waals surface area contributed by atoms with Crippen LogP contribution in [0.1, 0.15) is 6.92 Å². The molecule has 2 aromatic rings. The summed E-state index contributed by atoms with van der Waals surface area (Å²) >= 11 is 1.46. The minimum Gasteiger partial charge on any atom is -0.379 e. The lowest BCUT2D eigenvalue weighted by atomic mass is 10.1. The number of carbonyl (C=O) groups excluding carboxylic acids is 1. The number of aliphatic hydroxyl groups is 1. The third kappa shape index (κ3) is 4.11. The largest absolute Gasteiger partial charge is 0.379 e. The van der Waals surface area contributed by atoms with E-state index in [1.807, 2.05) is 48.5 Å². The van der Waals surface area contributed by atoms with E-state index in [1.54, 1.807) is 12.1 Å². The van der Waals surface area contributed by atoms with Gasteiger partial charge in [-0.2, -0.15) is 0 Å². The second-order valence-corrected chi connectivity index (χ2v) is 5.74. The van der Waals surface area contributed by atoms with Gasteiger partial charge in [0, 0.05) is 16.3 Å². The van der Waals surface area contributed by atoms with Crippen LogP contribution in [0.3, 0.4) is 0 Å². The van der Waals surface area contributed by atoms with Gasteiger partial charge in [0.1, 0.15) is 5.60 Å². The van der Waals surface area contributed by atoms with Crippen LogP contribution in [0.2, 0.25) is 0 Å². The maximum atomic E-state index is 12.1. The standard InChI is InChI=1S/C16H17NO2S/c1-16(19,12-20-14-10-6-3-7-11-14)15(18)17-13-8-4-2-5-9-13/h2-11,19H,12H2,1H3,(H,17,18)/t16-/m1/s1. The molecule has 2 N–H and O–H groups in total. The van der Waals surface area contributed by atoms with Gasteiger partial charge in [0.15, 0.2) is 0 Å². The summed E-state index contributed by atoms with van der Waals surface area (Å²) < 4.78 is 0. The third-order valence-corrected chi connectivity index (χ3v) is 4.10. The summed E-state index contributed by atoms with van der Waals surface area (Å²) in [5.74, 6) is -0.0949. The van der Waals surface area contributed by atoms with Crippen molar-refractivity contribution in [3.05, 3.63) is 60.7 Å². The van der Waals surface area contributed by atoms with Crippen LogP contribution < -0.4 is 5.32 Å². The van der Waals surface area contributed by atoms with Gasteiger partial charge in [-0.25, -0.2) is 0 Å². The Morgan fingerprint density at radius 2 is 1.65 bits per heavy atom. The fraction of sp³-hybridized carbons (Fsp3) is 0.188. The monoisotopic (exact) mass is 287 g/mol. The van der Waals surface area contributed by atoms with Crippen molar-refractivity contribution < 1.29 is 9.90 Å². The smallest absolute Gasteiger partial charge is 0.256 e. The molecule has 4 heteroatoms. The van der Waals surface area contributed by atoms with E-state index in [4.69, 9.17) is 0 Å². The molecule has 0 heterocycles. The summed E-state index contributed by atoms with van der Waals surface area (Å²) in [5, 5.41) is 13.0. The fourth-order valence-electron chi connectivity index (χ4n) is 1.59. The molecule has 0 unspecified atom stereocenters. The lowest BCUT2D eigenvalue weighted by Gasteiger charge is -2.21. The molecule has 0 spiro atoms. The molecule has 0 radical (unpaired) electrons. The minimum atomic E-state index is -1.42. The molecule has 0 saturated carbocycles. The molecule has 0 bridgehead atoms. The van der Waals surface area contributed by atoms with E-state index in [2.05, 4.69) is 5.32 Å². The highest BCUT2D eigenvalue weighted by Gasteiger charge is 2.30. The first-order chi connectivity index (χ1) is 9.58. The molecule has 0 aliphatic carbocycles. The van der Waals surface area contributed by atoms with Gasteiger partial charge in [0.25, 0.3) is 5.91 Å². The maximum absolute atomic E-state index is 12.1. The first-order valence-corrected chi connectivity index (χ1v) is 7.33. The highest BCUT2D eigenvalue weighted by molar-refractivity contribution is 7.99. The van der Waals surface area contributed by atoms with E-state index in [0.29, 0.717) is 11.4 Å². The van der Waals surface area contributed by atoms with Crippen molar-refractivity contribution >= 4 is 23.4 Å². The number of hydrogen-bond donors (Lipinski definition) is 2. The van der Waals surface area contributed by atoms with E-state index in [0.717, 1.165) is 4.90 Å². The van der Waals surface area contributed by atoms with Crippen LogP contribution in [0, 0.1) is 0 Å². The number of hydrogen-bond acceptors (Lipinski definition) is 3. The first-order valence-electron chi connectivity index (χ1n) is 6.35. The summed E-state index contributed by atoms with van der Waals surface area (Å²) in [6.07, 6.45) is 0. The Hall–Kier alpha value is -1.78. The molecule has 1 atom stereocenters. The van der Waals surface area contributed by atoms with Crippen LogP contribution in [0.5, 0.6) is 0 Å². The molecule has 1 amide bonds. The molecule has 0 fully saturated rings. The number of carbonyl (C=O) groups is 1. The second-order valence-electron chi connectivity index (χ2n) is 4.70. The van der Waals surface area contributed by atoms with Crippen molar-refractivity contribution in [2.45, 2.75) is 17.4 Å². The Morgan fingerprint density at radius 1 is 1.10 bits per heavy atom. The molecule has 20 heavy (non-hydrogen) atoms. The minimum absolute atomic E-state index is 0.301. The van der Waals surface area contributed by atoms with Gasteiger partial charge in [-0.3, -0.25) is 4.79 Å². The van der Waals surface area contributed by atoms with E-state index in [9.17, 15) is 9.90 Å². The van der Waals surface area contributed by atoms with Crippen LogP contribution in [-0.2, 0) is 4.79 Å². The predicted molar refractivity (Wildman–Crippen MR) is 82.9 cm³/mol. The zero-order valence-corrected chi connectivity index (χ0v) is 12.1. The Morgan fingerprint density at radius 3 is 2.25 bits per heavy atom. The SMILES string of the molecule is C[C@@](O)(CSc1ccccc1)C(=O)Nc1ccccc1. The summed E-state index contributed by atoms with van der Waals surface area (Å²) in [6, 6.07) is 18.8. The lowest BCUT2D eigenvalue weighted by Crippen LogP contribution is -2.42. The summed E-state index contributed by atoms with van der Waals surface area (Å²) in [4.78, 5) is 13.1. The number of anilines is 1. The van der Waals surface area contributed by atoms with Gasteiger partial charge in [-0.1, -0.05) is 36.4 Å². The average molecular weight is 287 g/mol. The summed E-state index contributed by atoms with van der Waals surface area (Å²) in [7, 11) is 0. The van der Waals surface area contributed by atoms with Gasteiger partial charge in [-0.05, 0) is 31.2 Å². The van der Waals surface area contributed by atoms with Crippen LogP contribution in [0.15, 0.2) is 65.6 Å². The van der Waals surface area contributed by atoms with E-state index >= 15 is 0 Å². The predicted octanol–water partition coefficient (Wildman–Crippen LogP) is 3.17. The fourth-order valence-corrected chi connectivity index (χ4v) is 2.52. The Kier molecular flexibility index (Phi) is 4.82. The van der Waals surface area contributed by atoms with Gasteiger partial charge in [-0.15, -0.1) is 11.8 Å². The number of para-hydroxylation sites is 1. The molecular weight excluding hydrogens is 270 g/mol. The molecule has 0 aliphatic heterocycles. The van der Waals surface area contributed by atoms with E-state index < -0.39 is 11.5 Å². The lowest BCUT2D eigenvalue weighted by molar-refractivity contribution is -0.130. The Labute approximate surface area is 123 Å². The quantitative estimate of drug-likeness (QED) is 0.830. The van der Waals surface area contributed by atoms with Crippen molar-refractivity contribution in [1.29, 1.82) is 0 Å². The van der Waals surface area contributed by atoms with Crippen LogP contribution in [0.25, 0.3) is 0 Å². The average Bonchev–Trinajstić information content (AvgIpc) is 2.47. The van der Waals surface area contributed by atoms with Crippen molar-refractivity contribution in [3.8, 4) is 0 Å². The van der Waals surface area contributed by atoms with Crippen LogP contribution >= 0.6 is 11.8 Å². The van der Waals surface area contributed by atoms with E-state index in [1.165, 1.54) is 18.7 Å². The Bertz CT molecular complexity index is 555. The third-order valence-electron chi connectivity index (χ3n) is 2.78. The molecule has 0 saturated heterocycles.